The van der Waals surface area contributed by atoms with Gasteiger partial charge in [0, 0.05) is 18.2 Å². The Labute approximate surface area is 204 Å². The first kappa shape index (κ1) is 24.5. The van der Waals surface area contributed by atoms with Crippen molar-refractivity contribution in [2.24, 2.45) is 5.92 Å². The first-order chi connectivity index (χ1) is 17.0. The van der Waals surface area contributed by atoms with E-state index in [0.29, 0.717) is 23.3 Å². The second-order valence-electron chi connectivity index (χ2n) is 10.2. The highest BCUT2D eigenvalue weighted by Crippen LogP contribution is 2.41. The van der Waals surface area contributed by atoms with E-state index >= 15 is 0 Å². The minimum atomic E-state index is -0.793. The highest BCUT2D eigenvalue weighted by Gasteiger charge is 2.32. The zero-order valence-corrected chi connectivity index (χ0v) is 20.0. The van der Waals surface area contributed by atoms with E-state index in [1.165, 1.54) is 0 Å². The monoisotopic (exact) mass is 488 g/mol. The molecule has 0 radical (unpaired) electrons. The number of rotatable bonds is 6. The molecule has 0 bridgehead atoms. The molecule has 2 aromatic rings. The summed E-state index contributed by atoms with van der Waals surface area (Å²) in [5, 5.41) is 0. The number of methoxy groups -OCH3 is 1. The van der Waals surface area contributed by atoms with Crippen LogP contribution in [0.25, 0.3) is 6.08 Å². The molecule has 1 aliphatic heterocycles. The van der Waals surface area contributed by atoms with Crippen LogP contribution in [-0.2, 0) is 9.47 Å². The van der Waals surface area contributed by atoms with E-state index in [2.05, 4.69) is 0 Å². The Bertz CT molecular complexity index is 1080. The van der Waals surface area contributed by atoms with Gasteiger partial charge in [-0.15, -0.1) is 0 Å². The van der Waals surface area contributed by atoms with Gasteiger partial charge in [0.05, 0.1) is 12.7 Å². The van der Waals surface area contributed by atoms with E-state index in [0.717, 1.165) is 51.4 Å². The van der Waals surface area contributed by atoms with Crippen molar-refractivity contribution >= 4 is 6.08 Å². The van der Waals surface area contributed by atoms with Crippen molar-refractivity contribution in [3.05, 3.63) is 75.9 Å². The molecule has 3 aliphatic rings. The second kappa shape index (κ2) is 10.4. The molecule has 1 saturated heterocycles. The molecule has 0 aromatic heterocycles. The van der Waals surface area contributed by atoms with Crippen LogP contribution in [0, 0.1) is 29.2 Å². The smallest absolute Gasteiger partial charge is 0.166 e. The number of hydrogen-bond acceptors (Lipinski definition) is 2. The van der Waals surface area contributed by atoms with Crippen molar-refractivity contribution < 1.29 is 27.0 Å². The fourth-order valence-electron chi connectivity index (χ4n) is 5.87. The Morgan fingerprint density at radius 3 is 1.83 bits per heavy atom. The van der Waals surface area contributed by atoms with Crippen molar-refractivity contribution in [1.29, 1.82) is 0 Å². The minimum absolute atomic E-state index is 0.0281. The van der Waals surface area contributed by atoms with Crippen molar-refractivity contribution in [2.75, 3.05) is 13.7 Å². The van der Waals surface area contributed by atoms with E-state index in [-0.39, 0.29) is 35.5 Å². The summed E-state index contributed by atoms with van der Waals surface area (Å²) in [6, 6.07) is 6.72. The molecular formula is C29H32F4O2. The predicted molar refractivity (Wildman–Crippen MR) is 127 cm³/mol. The average Bonchev–Trinajstić information content (AvgIpc) is 3.72. The number of epoxide rings is 1. The van der Waals surface area contributed by atoms with Crippen molar-refractivity contribution in [1.82, 2.24) is 0 Å². The van der Waals surface area contributed by atoms with Crippen LogP contribution in [0.5, 0.6) is 0 Å². The average molecular weight is 489 g/mol. The molecular weight excluding hydrogens is 456 g/mol. The minimum Gasteiger partial charge on any atom is -0.381 e. The second-order valence-corrected chi connectivity index (χ2v) is 10.2. The van der Waals surface area contributed by atoms with Crippen LogP contribution in [0.2, 0.25) is 0 Å². The van der Waals surface area contributed by atoms with Gasteiger partial charge in [-0.1, -0.05) is 36.4 Å². The molecule has 0 spiro atoms. The number of halogens is 4. The SMILES string of the molecule is COC1CCC(c2ccc(/C=C/C3CCC(c4ccc(C5CO5)c(F)c4F)CC3)c(F)c2F)CC1. The van der Waals surface area contributed by atoms with Crippen LogP contribution >= 0.6 is 0 Å². The zero-order chi connectivity index (χ0) is 24.5. The molecule has 2 nitrogen and oxygen atoms in total. The fourth-order valence-corrected chi connectivity index (χ4v) is 5.87. The number of benzene rings is 2. The number of ether oxygens (including phenoxy) is 2. The molecule has 35 heavy (non-hydrogen) atoms. The van der Waals surface area contributed by atoms with Crippen molar-refractivity contribution in [2.45, 2.75) is 75.4 Å². The van der Waals surface area contributed by atoms with Gasteiger partial charge in [-0.05, 0) is 80.2 Å². The molecule has 2 saturated carbocycles. The molecule has 1 heterocycles. The molecule has 1 atom stereocenters. The van der Waals surface area contributed by atoms with Gasteiger partial charge >= 0.3 is 0 Å². The first-order valence-electron chi connectivity index (χ1n) is 12.7. The van der Waals surface area contributed by atoms with E-state index in [1.807, 2.05) is 6.08 Å². The fraction of sp³-hybridized carbons (Fsp3) is 0.517. The topological polar surface area (TPSA) is 21.8 Å². The summed E-state index contributed by atoms with van der Waals surface area (Å²) in [4.78, 5) is 0. The molecule has 0 N–H and O–H groups in total. The highest BCUT2D eigenvalue weighted by atomic mass is 19.2. The molecule has 3 fully saturated rings. The molecule has 2 aromatic carbocycles. The number of hydrogen-bond donors (Lipinski definition) is 0. The van der Waals surface area contributed by atoms with Crippen LogP contribution in [0.1, 0.15) is 91.6 Å². The maximum Gasteiger partial charge on any atom is 0.166 e. The Kier molecular flexibility index (Phi) is 7.31. The van der Waals surface area contributed by atoms with Gasteiger partial charge in [0.1, 0.15) is 6.10 Å². The van der Waals surface area contributed by atoms with Gasteiger partial charge in [0.2, 0.25) is 0 Å². The van der Waals surface area contributed by atoms with Crippen LogP contribution in [0.15, 0.2) is 30.3 Å². The molecule has 6 heteroatoms. The summed E-state index contributed by atoms with van der Waals surface area (Å²) in [6.45, 7) is 0.440. The molecule has 5 rings (SSSR count). The summed E-state index contributed by atoms with van der Waals surface area (Å²) in [6.07, 6.45) is 9.86. The van der Waals surface area contributed by atoms with Gasteiger partial charge < -0.3 is 9.47 Å². The Hall–Kier alpha value is -2.18. The van der Waals surface area contributed by atoms with E-state index < -0.39 is 23.3 Å². The standard InChI is InChI=1S/C29H32F4O2/c1-34-21-11-8-19(9-12-21)22-13-10-20(26(30)27(22)31)7-4-17-2-5-18(6-3-17)23-14-15-24(25-16-35-25)29(33)28(23)32/h4,7,10,13-15,17-19,21,25H,2-3,5-6,8-9,11-12,16H2,1H3/b7-4+. The van der Waals surface area contributed by atoms with Gasteiger partial charge in [0.15, 0.2) is 23.3 Å². The maximum absolute atomic E-state index is 14.9. The summed E-state index contributed by atoms with van der Waals surface area (Å²) in [7, 11) is 1.69. The quantitative estimate of drug-likeness (QED) is 0.304. The van der Waals surface area contributed by atoms with Gasteiger partial charge in [-0.25, -0.2) is 17.6 Å². The van der Waals surface area contributed by atoms with Crippen LogP contribution in [-0.4, -0.2) is 19.8 Å². The third kappa shape index (κ3) is 5.19. The Morgan fingerprint density at radius 2 is 1.23 bits per heavy atom. The third-order valence-electron chi connectivity index (χ3n) is 8.17. The van der Waals surface area contributed by atoms with Crippen LogP contribution < -0.4 is 0 Å². The maximum atomic E-state index is 14.9. The molecule has 188 valence electrons. The predicted octanol–water partition coefficient (Wildman–Crippen LogP) is 7.97. The Balaban J connectivity index is 1.20. The van der Waals surface area contributed by atoms with E-state index in [4.69, 9.17) is 9.47 Å². The van der Waals surface area contributed by atoms with Crippen LogP contribution in [0.4, 0.5) is 17.6 Å². The van der Waals surface area contributed by atoms with Crippen molar-refractivity contribution in [3.8, 4) is 0 Å². The van der Waals surface area contributed by atoms with E-state index in [1.54, 1.807) is 37.5 Å². The lowest BCUT2D eigenvalue weighted by Gasteiger charge is -2.28. The third-order valence-corrected chi connectivity index (χ3v) is 8.17. The zero-order valence-electron chi connectivity index (χ0n) is 20.0. The molecule has 2 aliphatic carbocycles. The lowest BCUT2D eigenvalue weighted by molar-refractivity contribution is 0.0655. The lowest BCUT2D eigenvalue weighted by atomic mass is 9.78. The number of allylic oxidation sites excluding steroid dienone is 1. The van der Waals surface area contributed by atoms with Crippen molar-refractivity contribution in [3.63, 3.8) is 0 Å². The first-order valence-corrected chi connectivity index (χ1v) is 12.7. The Morgan fingerprint density at radius 1 is 0.714 bits per heavy atom. The lowest BCUT2D eigenvalue weighted by Crippen LogP contribution is -2.20. The van der Waals surface area contributed by atoms with Gasteiger partial charge in [-0.3, -0.25) is 0 Å². The summed E-state index contributed by atoms with van der Waals surface area (Å²) in [5.41, 5.74) is 1.44. The molecule has 0 amide bonds. The largest absolute Gasteiger partial charge is 0.381 e. The van der Waals surface area contributed by atoms with Gasteiger partial charge in [0.25, 0.3) is 0 Å². The van der Waals surface area contributed by atoms with E-state index in [9.17, 15) is 17.6 Å². The highest BCUT2D eigenvalue weighted by molar-refractivity contribution is 5.52. The van der Waals surface area contributed by atoms with Gasteiger partial charge in [-0.2, -0.15) is 0 Å². The normalized spacial score (nSPS) is 29.0. The summed E-state index contributed by atoms with van der Waals surface area (Å²) in [5.74, 6) is -2.90. The summed E-state index contributed by atoms with van der Waals surface area (Å²) < 4.78 is 69.2. The molecule has 1 unspecified atom stereocenters. The van der Waals surface area contributed by atoms with Crippen LogP contribution in [0.3, 0.4) is 0 Å². The summed E-state index contributed by atoms with van der Waals surface area (Å²) >= 11 is 0.